The zero-order chi connectivity index (χ0) is 20.0. The Morgan fingerprint density at radius 1 is 0.808 bits per heavy atom. The van der Waals surface area contributed by atoms with Gasteiger partial charge in [0.25, 0.3) is 0 Å². The summed E-state index contributed by atoms with van der Waals surface area (Å²) in [5, 5.41) is 1.67. The van der Waals surface area contributed by atoms with Crippen LogP contribution < -0.4 is 0 Å². The van der Waals surface area contributed by atoms with Crippen LogP contribution in [0.15, 0.2) is 83.4 Å². The molecule has 0 aliphatic heterocycles. The van der Waals surface area contributed by atoms with Gasteiger partial charge in [0.15, 0.2) is 0 Å². The van der Waals surface area contributed by atoms with Gasteiger partial charge >= 0.3 is 0 Å². The number of benzene rings is 2. The average molecular weight is 339 g/mol. The Hall–Kier alpha value is -3.46. The van der Waals surface area contributed by atoms with E-state index < -0.39 is 6.85 Å². The van der Waals surface area contributed by atoms with Crippen LogP contribution in [0, 0.1) is 6.85 Å². The molecule has 0 unspecified atom stereocenters. The van der Waals surface area contributed by atoms with E-state index in [-0.39, 0.29) is 5.69 Å². The van der Waals surface area contributed by atoms with Crippen LogP contribution in [0.1, 0.15) is 9.81 Å². The molecule has 3 heterocycles. The second kappa shape index (κ2) is 5.81. The third-order valence-corrected chi connectivity index (χ3v) is 4.50. The number of pyridine rings is 2. The molecular weight excluding hydrogens is 320 g/mol. The molecule has 5 aromatic rings. The van der Waals surface area contributed by atoms with Crippen molar-refractivity contribution < 1.29 is 8.53 Å². The lowest BCUT2D eigenvalue weighted by molar-refractivity contribution is 0.652. The van der Waals surface area contributed by atoms with Gasteiger partial charge < -0.3 is 4.42 Å². The first-order valence-electron chi connectivity index (χ1n) is 9.85. The summed E-state index contributed by atoms with van der Waals surface area (Å²) in [5.74, 6) is 0. The number of hydrogen-bond donors (Lipinski definition) is 0. The maximum Gasteiger partial charge on any atom is 0.227 e. The topological polar surface area (TPSA) is 38.9 Å². The summed E-state index contributed by atoms with van der Waals surface area (Å²) < 4.78 is 28.4. The number of rotatable bonds is 2. The molecule has 0 saturated carbocycles. The molecule has 3 aromatic heterocycles. The SMILES string of the molecule is [2H]C([2H])([2H])c1ccc2c(n1)oc1ccc(-c3cc(-c4ccccc4)ccn3)cc12. The smallest absolute Gasteiger partial charge is 0.227 e. The second-order valence-electron chi connectivity index (χ2n) is 6.16. The molecule has 2 aromatic carbocycles. The molecule has 0 atom stereocenters. The van der Waals surface area contributed by atoms with E-state index in [4.69, 9.17) is 8.53 Å². The molecule has 0 saturated heterocycles. The Labute approximate surface area is 155 Å². The number of nitrogens with zero attached hydrogens (tertiary/aromatic N) is 2. The standard InChI is InChI=1S/C23H16N2O/c1-15-7-9-19-20-13-18(8-10-22(20)26-23(19)25-15)21-14-17(11-12-24-21)16-5-3-2-4-6-16/h2-14H,1H3/i1D3. The summed E-state index contributed by atoms with van der Waals surface area (Å²) in [6.45, 7) is -2.26. The average Bonchev–Trinajstić information content (AvgIpc) is 3.11. The third kappa shape index (κ3) is 2.45. The lowest BCUT2D eigenvalue weighted by Gasteiger charge is -2.05. The predicted molar refractivity (Wildman–Crippen MR) is 105 cm³/mol. The Morgan fingerprint density at radius 2 is 1.73 bits per heavy atom. The van der Waals surface area contributed by atoms with Crippen LogP contribution >= 0.6 is 0 Å². The van der Waals surface area contributed by atoms with Crippen LogP contribution in [0.3, 0.4) is 0 Å². The Balaban J connectivity index is 1.62. The molecule has 0 amide bonds. The normalized spacial score (nSPS) is 13.5. The van der Waals surface area contributed by atoms with E-state index in [9.17, 15) is 0 Å². The quantitative estimate of drug-likeness (QED) is 0.395. The highest BCUT2D eigenvalue weighted by Crippen LogP contribution is 2.32. The van der Waals surface area contributed by atoms with Gasteiger partial charge in [-0.3, -0.25) is 4.98 Å². The van der Waals surface area contributed by atoms with Crippen molar-refractivity contribution in [2.24, 2.45) is 0 Å². The molecule has 0 aliphatic rings. The summed E-state index contributed by atoms with van der Waals surface area (Å²) in [7, 11) is 0. The van der Waals surface area contributed by atoms with Crippen LogP contribution in [-0.2, 0) is 0 Å². The minimum Gasteiger partial charge on any atom is -0.438 e. The van der Waals surface area contributed by atoms with E-state index >= 15 is 0 Å². The van der Waals surface area contributed by atoms with Gasteiger partial charge in [0.05, 0.1) is 5.69 Å². The van der Waals surface area contributed by atoms with Crippen molar-refractivity contribution in [3.8, 4) is 22.4 Å². The van der Waals surface area contributed by atoms with Gasteiger partial charge in [0.1, 0.15) is 5.58 Å². The zero-order valence-corrected chi connectivity index (χ0v) is 13.8. The molecule has 26 heavy (non-hydrogen) atoms. The monoisotopic (exact) mass is 339 g/mol. The van der Waals surface area contributed by atoms with Crippen molar-refractivity contribution in [3.63, 3.8) is 0 Å². The highest BCUT2D eigenvalue weighted by molar-refractivity contribution is 6.05. The van der Waals surface area contributed by atoms with Crippen LogP contribution in [-0.4, -0.2) is 9.97 Å². The van der Waals surface area contributed by atoms with Crippen molar-refractivity contribution in [3.05, 3.63) is 84.7 Å². The van der Waals surface area contributed by atoms with Crippen molar-refractivity contribution in [1.29, 1.82) is 0 Å². The van der Waals surface area contributed by atoms with Crippen LogP contribution in [0.4, 0.5) is 0 Å². The molecule has 3 nitrogen and oxygen atoms in total. The molecule has 0 fully saturated rings. The Morgan fingerprint density at radius 3 is 2.62 bits per heavy atom. The first-order valence-corrected chi connectivity index (χ1v) is 8.35. The lowest BCUT2D eigenvalue weighted by atomic mass is 10.0. The summed E-state index contributed by atoms with van der Waals surface area (Å²) in [5.41, 5.74) is 5.06. The fourth-order valence-corrected chi connectivity index (χ4v) is 3.21. The number of aryl methyl sites for hydroxylation is 1. The summed E-state index contributed by atoms with van der Waals surface area (Å²) in [6, 6.07) is 23.3. The first kappa shape index (κ1) is 12.0. The fourth-order valence-electron chi connectivity index (χ4n) is 3.21. The molecule has 0 aliphatic carbocycles. The number of fused-ring (bicyclic) bond motifs is 3. The summed E-state index contributed by atoms with van der Waals surface area (Å²) >= 11 is 0. The van der Waals surface area contributed by atoms with Crippen molar-refractivity contribution in [2.45, 2.75) is 6.85 Å². The lowest BCUT2D eigenvalue weighted by Crippen LogP contribution is -1.85. The van der Waals surface area contributed by atoms with Gasteiger partial charge in [-0.1, -0.05) is 30.3 Å². The van der Waals surface area contributed by atoms with E-state index in [0.29, 0.717) is 11.3 Å². The second-order valence-corrected chi connectivity index (χ2v) is 6.16. The predicted octanol–water partition coefficient (Wildman–Crippen LogP) is 6.02. The third-order valence-electron chi connectivity index (χ3n) is 4.50. The van der Waals surface area contributed by atoms with Gasteiger partial charge in [0.2, 0.25) is 5.71 Å². The number of furan rings is 1. The van der Waals surface area contributed by atoms with Crippen molar-refractivity contribution in [2.75, 3.05) is 0 Å². The van der Waals surface area contributed by atoms with Gasteiger partial charge in [-0.15, -0.1) is 0 Å². The maximum atomic E-state index is 7.54. The van der Waals surface area contributed by atoms with Crippen molar-refractivity contribution >= 4 is 22.1 Å². The minimum absolute atomic E-state index is 0.0292. The van der Waals surface area contributed by atoms with Crippen LogP contribution in [0.2, 0.25) is 0 Å². The van der Waals surface area contributed by atoms with Gasteiger partial charge in [-0.2, -0.15) is 0 Å². The molecule has 0 bridgehead atoms. The highest BCUT2D eigenvalue weighted by atomic mass is 16.3. The van der Waals surface area contributed by atoms with Gasteiger partial charge in [-0.25, -0.2) is 4.98 Å². The molecule has 0 spiro atoms. The highest BCUT2D eigenvalue weighted by Gasteiger charge is 2.10. The Kier molecular flexibility index (Phi) is 2.68. The number of aromatic nitrogens is 2. The van der Waals surface area contributed by atoms with Crippen LogP contribution in [0.25, 0.3) is 44.5 Å². The van der Waals surface area contributed by atoms with Crippen LogP contribution in [0.5, 0.6) is 0 Å². The molecule has 5 rings (SSSR count). The molecule has 124 valence electrons. The fraction of sp³-hybridized carbons (Fsp3) is 0.0435. The van der Waals surface area contributed by atoms with Gasteiger partial charge in [0, 0.05) is 32.3 Å². The molecule has 0 N–H and O–H groups in total. The molecule has 3 heteroatoms. The minimum atomic E-state index is -2.26. The van der Waals surface area contributed by atoms with Crippen molar-refractivity contribution in [1.82, 2.24) is 9.97 Å². The molecular formula is C23H16N2O. The summed E-state index contributed by atoms with van der Waals surface area (Å²) in [6.07, 6.45) is 1.81. The van der Waals surface area contributed by atoms with E-state index in [1.54, 1.807) is 12.3 Å². The zero-order valence-electron chi connectivity index (χ0n) is 16.8. The first-order chi connectivity index (χ1) is 14.0. The van der Waals surface area contributed by atoms with E-state index in [1.165, 1.54) is 6.07 Å². The number of hydrogen-bond acceptors (Lipinski definition) is 3. The largest absolute Gasteiger partial charge is 0.438 e. The maximum absolute atomic E-state index is 7.54. The van der Waals surface area contributed by atoms with E-state index in [1.807, 2.05) is 42.5 Å². The Bertz CT molecular complexity index is 1340. The van der Waals surface area contributed by atoms with E-state index in [2.05, 4.69) is 28.2 Å². The molecule has 0 radical (unpaired) electrons. The van der Waals surface area contributed by atoms with E-state index in [0.717, 1.165) is 33.2 Å². The summed E-state index contributed by atoms with van der Waals surface area (Å²) in [4.78, 5) is 8.73. The van der Waals surface area contributed by atoms with Gasteiger partial charge in [-0.05, 0) is 60.4 Å².